The molecule has 21 heavy (non-hydrogen) atoms. The van der Waals surface area contributed by atoms with Crippen LogP contribution < -0.4 is 0 Å². The lowest BCUT2D eigenvalue weighted by Gasteiger charge is -2.22. The van der Waals surface area contributed by atoms with E-state index in [1.807, 2.05) is 18.4 Å². The lowest BCUT2D eigenvalue weighted by molar-refractivity contribution is -0.146. The topological polar surface area (TPSA) is 57.0 Å². The lowest BCUT2D eigenvalue weighted by atomic mass is 10.0. The number of esters is 1. The third kappa shape index (κ3) is 3.14. The van der Waals surface area contributed by atoms with Crippen molar-refractivity contribution in [2.75, 3.05) is 13.0 Å². The van der Waals surface area contributed by atoms with Gasteiger partial charge in [-0.25, -0.2) is 14.8 Å². The highest BCUT2D eigenvalue weighted by Gasteiger charge is 2.29. The maximum absolute atomic E-state index is 12.2. The zero-order valence-electron chi connectivity index (χ0n) is 12.1. The van der Waals surface area contributed by atoms with Crippen LogP contribution >= 0.6 is 23.2 Å². The number of carbonyl (C=O) groups excluding carboxylic acids is 1. The number of aryl methyl sites for hydroxylation is 1. The second kappa shape index (κ2) is 6.62. The minimum atomic E-state index is -0.494. The van der Waals surface area contributed by atoms with Gasteiger partial charge in [0.1, 0.15) is 17.4 Å². The summed E-state index contributed by atoms with van der Waals surface area (Å²) in [4.78, 5) is 21.0. The van der Waals surface area contributed by atoms with Crippen LogP contribution in [0.4, 0.5) is 0 Å². The van der Waals surface area contributed by atoms with Crippen LogP contribution in [0.25, 0.3) is 11.2 Å². The Morgan fingerprint density at radius 2 is 2.19 bits per heavy atom. The van der Waals surface area contributed by atoms with E-state index in [-0.39, 0.29) is 11.9 Å². The summed E-state index contributed by atoms with van der Waals surface area (Å²) in [5.74, 6) is 0.820. The molecule has 2 aromatic heterocycles. The highest BCUT2D eigenvalue weighted by Crippen LogP contribution is 2.27. The summed E-state index contributed by atoms with van der Waals surface area (Å²) in [6.45, 7) is 3.90. The second-order valence-electron chi connectivity index (χ2n) is 5.05. The third-order valence-corrected chi connectivity index (χ3v) is 3.64. The van der Waals surface area contributed by atoms with Crippen molar-refractivity contribution in [3.05, 3.63) is 23.1 Å². The maximum Gasteiger partial charge on any atom is 0.329 e. The van der Waals surface area contributed by atoms with Gasteiger partial charge in [-0.3, -0.25) is 4.57 Å². The molecule has 0 bridgehead atoms. The van der Waals surface area contributed by atoms with E-state index in [2.05, 4.69) is 9.97 Å². The maximum atomic E-state index is 12.2. The van der Waals surface area contributed by atoms with Crippen molar-refractivity contribution in [2.24, 2.45) is 5.92 Å². The van der Waals surface area contributed by atoms with Gasteiger partial charge < -0.3 is 4.74 Å². The van der Waals surface area contributed by atoms with Gasteiger partial charge in [0.2, 0.25) is 0 Å². The minimum Gasteiger partial charge on any atom is -0.467 e. The Bertz CT molecular complexity index is 655. The van der Waals surface area contributed by atoms with E-state index in [1.54, 1.807) is 12.3 Å². The number of carbonyl (C=O) groups is 1. The molecule has 0 aliphatic carbocycles. The summed E-state index contributed by atoms with van der Waals surface area (Å²) < 4.78 is 6.74. The molecular weight excluding hydrogens is 313 g/mol. The number of nitrogens with zero attached hydrogens (tertiary/aromatic N) is 3. The Morgan fingerprint density at radius 1 is 1.48 bits per heavy atom. The van der Waals surface area contributed by atoms with Gasteiger partial charge in [0.25, 0.3) is 0 Å². The molecule has 7 heteroatoms. The molecule has 2 aromatic rings. The van der Waals surface area contributed by atoms with E-state index in [0.29, 0.717) is 34.3 Å². The van der Waals surface area contributed by atoms with Crippen LogP contribution in [0.5, 0.6) is 0 Å². The van der Waals surface area contributed by atoms with E-state index in [9.17, 15) is 4.79 Å². The number of fused-ring (bicyclic) bond motifs is 1. The van der Waals surface area contributed by atoms with Gasteiger partial charge in [-0.2, -0.15) is 0 Å². The summed E-state index contributed by atoms with van der Waals surface area (Å²) in [5, 5.41) is 0.503. The van der Waals surface area contributed by atoms with Gasteiger partial charge >= 0.3 is 5.97 Å². The fourth-order valence-corrected chi connectivity index (χ4v) is 2.68. The molecule has 0 aliphatic heterocycles. The van der Waals surface area contributed by atoms with Gasteiger partial charge in [0.05, 0.1) is 12.1 Å². The lowest BCUT2D eigenvalue weighted by Crippen LogP contribution is -2.27. The number of hydrogen-bond acceptors (Lipinski definition) is 4. The number of aromatic nitrogens is 3. The van der Waals surface area contributed by atoms with Gasteiger partial charge in [-0.15, -0.1) is 11.6 Å². The molecule has 0 fully saturated rings. The van der Waals surface area contributed by atoms with Crippen LogP contribution in [-0.2, 0) is 16.0 Å². The second-order valence-corrected chi connectivity index (χ2v) is 5.86. The van der Waals surface area contributed by atoms with Crippen molar-refractivity contribution in [3.63, 3.8) is 0 Å². The van der Waals surface area contributed by atoms with Gasteiger partial charge in [-0.05, 0) is 12.0 Å². The van der Waals surface area contributed by atoms with Crippen molar-refractivity contribution in [1.82, 2.24) is 14.5 Å². The SMILES string of the molecule is COC(=O)C(C(C)C)n1c(CCCl)nc2cc(Cl)cnc21. The van der Waals surface area contributed by atoms with E-state index >= 15 is 0 Å². The predicted octanol–water partition coefficient (Wildman–Crippen LogP) is 3.24. The molecule has 5 nitrogen and oxygen atoms in total. The molecule has 2 heterocycles. The van der Waals surface area contributed by atoms with Crippen LogP contribution in [0.15, 0.2) is 12.3 Å². The van der Waals surface area contributed by atoms with Crippen LogP contribution in [0, 0.1) is 5.92 Å². The van der Waals surface area contributed by atoms with Crippen molar-refractivity contribution in [1.29, 1.82) is 0 Å². The third-order valence-electron chi connectivity index (χ3n) is 3.24. The van der Waals surface area contributed by atoms with Gasteiger partial charge in [0, 0.05) is 18.5 Å². The molecule has 0 spiro atoms. The van der Waals surface area contributed by atoms with Gasteiger partial charge in [-0.1, -0.05) is 25.4 Å². The zero-order chi connectivity index (χ0) is 15.6. The van der Waals surface area contributed by atoms with Crippen molar-refractivity contribution in [2.45, 2.75) is 26.3 Å². The molecule has 114 valence electrons. The predicted molar refractivity (Wildman–Crippen MR) is 82.9 cm³/mol. The van der Waals surface area contributed by atoms with E-state index < -0.39 is 6.04 Å². The van der Waals surface area contributed by atoms with Crippen LogP contribution in [0.3, 0.4) is 0 Å². The smallest absolute Gasteiger partial charge is 0.329 e. The molecular formula is C14H17Cl2N3O2. The number of ether oxygens (including phenoxy) is 1. The number of halogens is 2. The molecule has 1 unspecified atom stereocenters. The molecule has 2 rings (SSSR count). The normalized spacial score (nSPS) is 12.9. The molecule has 0 saturated carbocycles. The Hall–Kier alpha value is -1.33. The van der Waals surface area contributed by atoms with Crippen molar-refractivity contribution in [3.8, 4) is 0 Å². The van der Waals surface area contributed by atoms with Gasteiger partial charge in [0.15, 0.2) is 5.65 Å². The number of hydrogen-bond donors (Lipinski definition) is 0. The van der Waals surface area contributed by atoms with E-state index in [4.69, 9.17) is 27.9 Å². The van der Waals surface area contributed by atoms with Crippen molar-refractivity contribution >= 4 is 40.3 Å². The first-order valence-corrected chi connectivity index (χ1v) is 7.57. The number of alkyl halides is 1. The number of imidazole rings is 1. The minimum absolute atomic E-state index is 0.0291. The quantitative estimate of drug-likeness (QED) is 0.624. The molecule has 0 aliphatic rings. The Kier molecular flexibility index (Phi) is 5.06. The fourth-order valence-electron chi connectivity index (χ4n) is 2.35. The zero-order valence-corrected chi connectivity index (χ0v) is 13.6. The summed E-state index contributed by atoms with van der Waals surface area (Å²) in [6, 6.07) is 1.24. The molecule has 0 N–H and O–H groups in total. The monoisotopic (exact) mass is 329 g/mol. The van der Waals surface area contributed by atoms with Crippen LogP contribution in [-0.4, -0.2) is 33.5 Å². The molecule has 0 radical (unpaired) electrons. The summed E-state index contributed by atoms with van der Waals surface area (Å²) in [7, 11) is 1.38. The average molecular weight is 330 g/mol. The fraction of sp³-hybridized carbons (Fsp3) is 0.500. The number of pyridine rings is 1. The van der Waals surface area contributed by atoms with Crippen LogP contribution in [0.2, 0.25) is 5.02 Å². The number of rotatable bonds is 5. The average Bonchev–Trinajstić information content (AvgIpc) is 2.76. The first-order chi connectivity index (χ1) is 9.99. The highest BCUT2D eigenvalue weighted by atomic mass is 35.5. The Balaban J connectivity index is 2.68. The largest absolute Gasteiger partial charge is 0.467 e. The standard InChI is InChI=1S/C14H17Cl2N3O2/c1-8(2)12(14(20)21-3)19-11(4-5-15)18-10-6-9(16)7-17-13(10)19/h6-8,12H,4-5H2,1-3H3. The molecule has 0 aromatic carbocycles. The summed E-state index contributed by atoms with van der Waals surface area (Å²) in [6.07, 6.45) is 2.08. The van der Waals surface area contributed by atoms with Crippen LogP contribution in [0.1, 0.15) is 25.7 Å². The summed E-state index contributed by atoms with van der Waals surface area (Å²) in [5.41, 5.74) is 1.26. The van der Waals surface area contributed by atoms with Crippen molar-refractivity contribution < 1.29 is 9.53 Å². The van der Waals surface area contributed by atoms with E-state index in [0.717, 1.165) is 0 Å². The molecule has 1 atom stereocenters. The first-order valence-electron chi connectivity index (χ1n) is 6.65. The first kappa shape index (κ1) is 16.0. The molecule has 0 saturated heterocycles. The summed E-state index contributed by atoms with van der Waals surface area (Å²) >= 11 is 11.8. The molecule has 0 amide bonds. The Morgan fingerprint density at radius 3 is 2.76 bits per heavy atom. The Labute approximate surface area is 133 Å². The number of methoxy groups -OCH3 is 1. The van der Waals surface area contributed by atoms with E-state index in [1.165, 1.54) is 7.11 Å². The highest BCUT2D eigenvalue weighted by molar-refractivity contribution is 6.31.